The van der Waals surface area contributed by atoms with E-state index in [0.717, 1.165) is 5.17 Å². The first-order valence-electron chi connectivity index (χ1n) is 6.25. The molecule has 104 valence electrons. The molecule has 2 heterocycles. The number of rotatable bonds is 3. The SMILES string of the molecule is O=C(CC1SC2=NCCN2C1=O)Nc1ccc(O)cc1. The predicted octanol–water partition coefficient (Wildman–Crippen LogP) is 1.03. The number of aromatic hydroxyl groups is 1. The third-order valence-corrected chi connectivity index (χ3v) is 4.33. The topological polar surface area (TPSA) is 82.0 Å². The van der Waals surface area contributed by atoms with Crippen LogP contribution in [0.5, 0.6) is 5.75 Å². The first-order chi connectivity index (χ1) is 9.63. The molecular weight excluding hydrogens is 278 g/mol. The molecule has 2 aliphatic rings. The van der Waals surface area contributed by atoms with Crippen molar-refractivity contribution in [2.75, 3.05) is 18.4 Å². The van der Waals surface area contributed by atoms with Gasteiger partial charge in [0.15, 0.2) is 5.17 Å². The first kappa shape index (κ1) is 13.0. The zero-order chi connectivity index (χ0) is 14.1. The number of nitrogens with one attached hydrogen (secondary N) is 1. The molecule has 2 amide bonds. The van der Waals surface area contributed by atoms with Gasteiger partial charge in [-0.05, 0) is 24.3 Å². The van der Waals surface area contributed by atoms with Gasteiger partial charge in [-0.2, -0.15) is 0 Å². The quantitative estimate of drug-likeness (QED) is 0.815. The van der Waals surface area contributed by atoms with E-state index in [1.807, 2.05) is 0 Å². The number of thioether (sulfide) groups is 1. The van der Waals surface area contributed by atoms with E-state index in [4.69, 9.17) is 5.11 Å². The molecule has 0 aromatic heterocycles. The summed E-state index contributed by atoms with van der Waals surface area (Å²) in [4.78, 5) is 29.8. The standard InChI is InChI=1S/C13H13N3O3S/c17-9-3-1-8(2-4-9)15-11(18)7-10-12(19)16-6-5-14-13(16)20-10/h1-4,10,17H,5-7H2,(H,15,18). The Labute approximate surface area is 119 Å². The van der Waals surface area contributed by atoms with E-state index in [0.29, 0.717) is 18.8 Å². The molecule has 20 heavy (non-hydrogen) atoms. The molecule has 7 heteroatoms. The molecule has 0 bridgehead atoms. The van der Waals surface area contributed by atoms with Gasteiger partial charge in [-0.3, -0.25) is 19.5 Å². The Morgan fingerprint density at radius 2 is 2.20 bits per heavy atom. The highest BCUT2D eigenvalue weighted by molar-refractivity contribution is 8.15. The van der Waals surface area contributed by atoms with E-state index in [1.54, 1.807) is 17.0 Å². The minimum Gasteiger partial charge on any atom is -0.508 e. The predicted molar refractivity (Wildman–Crippen MR) is 76.7 cm³/mol. The molecule has 0 saturated carbocycles. The molecule has 3 rings (SSSR count). The van der Waals surface area contributed by atoms with Gasteiger partial charge in [0.05, 0.1) is 6.54 Å². The van der Waals surface area contributed by atoms with Crippen LogP contribution in [-0.2, 0) is 9.59 Å². The van der Waals surface area contributed by atoms with Crippen LogP contribution in [0.3, 0.4) is 0 Å². The molecule has 1 saturated heterocycles. The van der Waals surface area contributed by atoms with Gasteiger partial charge in [-0.15, -0.1) is 0 Å². The lowest BCUT2D eigenvalue weighted by atomic mass is 10.2. The number of hydrogen-bond donors (Lipinski definition) is 2. The highest BCUT2D eigenvalue weighted by Gasteiger charge is 2.40. The number of phenols is 1. The molecule has 0 aliphatic carbocycles. The highest BCUT2D eigenvalue weighted by atomic mass is 32.2. The van der Waals surface area contributed by atoms with Gasteiger partial charge in [-0.1, -0.05) is 11.8 Å². The molecule has 1 unspecified atom stereocenters. The number of nitrogens with zero attached hydrogens (tertiary/aromatic N) is 2. The second-order valence-corrected chi connectivity index (χ2v) is 5.73. The summed E-state index contributed by atoms with van der Waals surface area (Å²) in [6.45, 7) is 1.28. The van der Waals surface area contributed by atoms with Crippen molar-refractivity contribution in [2.24, 2.45) is 4.99 Å². The van der Waals surface area contributed by atoms with Gasteiger partial charge >= 0.3 is 0 Å². The summed E-state index contributed by atoms with van der Waals surface area (Å²) >= 11 is 1.36. The fraction of sp³-hybridized carbons (Fsp3) is 0.308. The number of fused-ring (bicyclic) bond motifs is 1. The van der Waals surface area contributed by atoms with Crippen LogP contribution in [0.4, 0.5) is 5.69 Å². The Bertz CT molecular complexity index is 585. The largest absolute Gasteiger partial charge is 0.508 e. The number of benzene rings is 1. The number of carbonyl (C=O) groups excluding carboxylic acids is 2. The van der Waals surface area contributed by atoms with E-state index in [9.17, 15) is 9.59 Å². The highest BCUT2D eigenvalue weighted by Crippen LogP contribution is 2.31. The lowest BCUT2D eigenvalue weighted by Gasteiger charge is -2.10. The van der Waals surface area contributed by atoms with Gasteiger partial charge in [-0.25, -0.2) is 0 Å². The van der Waals surface area contributed by atoms with E-state index >= 15 is 0 Å². The summed E-state index contributed by atoms with van der Waals surface area (Å²) in [6, 6.07) is 6.21. The molecule has 1 aromatic rings. The Hall–Kier alpha value is -2.02. The maximum Gasteiger partial charge on any atom is 0.242 e. The third-order valence-electron chi connectivity index (χ3n) is 3.11. The summed E-state index contributed by atoms with van der Waals surface area (Å²) in [5.41, 5.74) is 0.598. The lowest BCUT2D eigenvalue weighted by Crippen LogP contribution is -2.32. The Kier molecular flexibility index (Phi) is 3.35. The number of aliphatic imine (C=N–C) groups is 1. The van der Waals surface area contributed by atoms with Crippen LogP contribution >= 0.6 is 11.8 Å². The van der Waals surface area contributed by atoms with Gasteiger partial charge in [0.1, 0.15) is 11.0 Å². The van der Waals surface area contributed by atoms with Crippen LogP contribution < -0.4 is 5.32 Å². The monoisotopic (exact) mass is 291 g/mol. The number of hydrogen-bond acceptors (Lipinski definition) is 5. The van der Waals surface area contributed by atoms with Gasteiger partial charge in [0.2, 0.25) is 11.8 Å². The van der Waals surface area contributed by atoms with Crippen LogP contribution in [0.2, 0.25) is 0 Å². The molecule has 1 fully saturated rings. The minimum atomic E-state index is -0.383. The number of anilines is 1. The fourth-order valence-corrected chi connectivity index (χ4v) is 3.33. The van der Waals surface area contributed by atoms with Crippen molar-refractivity contribution in [1.29, 1.82) is 0 Å². The maximum atomic E-state index is 12.0. The van der Waals surface area contributed by atoms with Crippen molar-refractivity contribution in [2.45, 2.75) is 11.7 Å². The van der Waals surface area contributed by atoms with Crippen molar-refractivity contribution in [3.63, 3.8) is 0 Å². The zero-order valence-electron chi connectivity index (χ0n) is 10.6. The lowest BCUT2D eigenvalue weighted by molar-refractivity contribution is -0.127. The van der Waals surface area contributed by atoms with Crippen molar-refractivity contribution in [3.8, 4) is 5.75 Å². The fourth-order valence-electron chi connectivity index (χ4n) is 2.14. The number of phenolic OH excluding ortho intramolecular Hbond substituents is 1. The van der Waals surface area contributed by atoms with Crippen LogP contribution in [0, 0.1) is 0 Å². The van der Waals surface area contributed by atoms with Gasteiger partial charge in [0, 0.05) is 18.7 Å². The summed E-state index contributed by atoms with van der Waals surface area (Å²) in [7, 11) is 0. The molecule has 0 radical (unpaired) electrons. The second kappa shape index (κ2) is 5.16. The summed E-state index contributed by atoms with van der Waals surface area (Å²) in [6.07, 6.45) is 0.125. The van der Waals surface area contributed by atoms with Crippen LogP contribution in [0.25, 0.3) is 0 Å². The van der Waals surface area contributed by atoms with Crippen molar-refractivity contribution in [1.82, 2.24) is 4.90 Å². The number of amides is 2. The Balaban J connectivity index is 1.59. The molecule has 1 atom stereocenters. The summed E-state index contributed by atoms with van der Waals surface area (Å²) in [5.74, 6) is -0.112. The number of amidine groups is 1. The van der Waals surface area contributed by atoms with Crippen LogP contribution in [0.1, 0.15) is 6.42 Å². The Morgan fingerprint density at radius 1 is 1.45 bits per heavy atom. The molecule has 6 nitrogen and oxygen atoms in total. The van der Waals surface area contributed by atoms with Crippen LogP contribution in [0.15, 0.2) is 29.3 Å². The van der Waals surface area contributed by atoms with Crippen molar-refractivity contribution >= 4 is 34.4 Å². The maximum absolute atomic E-state index is 12.0. The molecular formula is C13H13N3O3S. The average molecular weight is 291 g/mol. The second-order valence-electron chi connectivity index (χ2n) is 4.56. The van der Waals surface area contributed by atoms with Gasteiger partial charge in [0.25, 0.3) is 0 Å². The molecule has 1 aromatic carbocycles. The smallest absolute Gasteiger partial charge is 0.242 e. The molecule has 0 spiro atoms. The Morgan fingerprint density at radius 3 is 2.90 bits per heavy atom. The van der Waals surface area contributed by atoms with Crippen molar-refractivity contribution in [3.05, 3.63) is 24.3 Å². The van der Waals surface area contributed by atoms with E-state index in [1.165, 1.54) is 23.9 Å². The van der Waals surface area contributed by atoms with Crippen LogP contribution in [-0.4, -0.2) is 45.3 Å². The average Bonchev–Trinajstić information content (AvgIpc) is 2.97. The van der Waals surface area contributed by atoms with E-state index in [2.05, 4.69) is 10.3 Å². The summed E-state index contributed by atoms with van der Waals surface area (Å²) in [5, 5.41) is 12.2. The van der Waals surface area contributed by atoms with E-state index in [-0.39, 0.29) is 29.2 Å². The first-order valence-corrected chi connectivity index (χ1v) is 7.13. The third kappa shape index (κ3) is 2.49. The zero-order valence-corrected chi connectivity index (χ0v) is 11.4. The normalized spacial score (nSPS) is 20.8. The van der Waals surface area contributed by atoms with Gasteiger partial charge < -0.3 is 10.4 Å². The van der Waals surface area contributed by atoms with Crippen molar-refractivity contribution < 1.29 is 14.7 Å². The molecule has 2 aliphatic heterocycles. The summed E-state index contributed by atoms with van der Waals surface area (Å²) < 4.78 is 0. The molecule has 2 N–H and O–H groups in total. The van der Waals surface area contributed by atoms with E-state index < -0.39 is 0 Å². The number of carbonyl (C=O) groups is 2. The minimum absolute atomic E-state index is 0.0351.